The molecule has 1 spiro atoms. The predicted molar refractivity (Wildman–Crippen MR) is 99.3 cm³/mol. The van der Waals surface area contributed by atoms with E-state index in [1.807, 2.05) is 0 Å². The van der Waals surface area contributed by atoms with E-state index in [4.69, 9.17) is 9.15 Å². The molecule has 2 aliphatic heterocycles. The summed E-state index contributed by atoms with van der Waals surface area (Å²) in [6, 6.07) is 2.98. The van der Waals surface area contributed by atoms with E-state index in [1.54, 1.807) is 11.0 Å². The van der Waals surface area contributed by atoms with Crippen LogP contribution in [0.3, 0.4) is 0 Å². The number of hydrogen-bond acceptors (Lipinski definition) is 4. The maximum Gasteiger partial charge on any atom is 0.257 e. The maximum absolute atomic E-state index is 13.8. The Labute approximate surface area is 171 Å². The highest BCUT2D eigenvalue weighted by Gasteiger charge is 2.43. The Morgan fingerprint density at radius 3 is 2.53 bits per heavy atom. The fraction of sp³-hybridized carbons (Fsp3) is 0.429. The molecule has 1 unspecified atom stereocenters. The van der Waals surface area contributed by atoms with Gasteiger partial charge in [-0.3, -0.25) is 9.59 Å². The van der Waals surface area contributed by atoms with Crippen LogP contribution in [0.15, 0.2) is 35.1 Å². The molecule has 0 aliphatic carbocycles. The number of nitrogens with zero attached hydrogens (tertiary/aromatic N) is 1. The summed E-state index contributed by atoms with van der Waals surface area (Å²) in [7, 11) is 0. The Bertz CT molecular complexity index is 940. The van der Waals surface area contributed by atoms with Gasteiger partial charge in [-0.05, 0) is 43.9 Å². The van der Waals surface area contributed by atoms with Gasteiger partial charge in [0.25, 0.3) is 11.8 Å². The number of rotatable bonds is 4. The first-order chi connectivity index (χ1) is 14.4. The van der Waals surface area contributed by atoms with E-state index < -0.39 is 28.9 Å². The molecule has 2 fully saturated rings. The van der Waals surface area contributed by atoms with Gasteiger partial charge in [-0.15, -0.1) is 0 Å². The van der Waals surface area contributed by atoms with Crippen molar-refractivity contribution in [1.29, 1.82) is 0 Å². The number of hydrogen-bond donors (Lipinski definition) is 1. The molecule has 4 rings (SSSR count). The maximum atomic E-state index is 13.8. The normalized spacial score (nSPS) is 20.5. The van der Waals surface area contributed by atoms with Crippen LogP contribution in [0.4, 0.5) is 13.2 Å². The molecule has 160 valence electrons. The largest absolute Gasteiger partial charge is 0.472 e. The van der Waals surface area contributed by atoms with Crippen LogP contribution in [0.2, 0.25) is 0 Å². The van der Waals surface area contributed by atoms with Crippen molar-refractivity contribution in [2.45, 2.75) is 37.4 Å². The minimum absolute atomic E-state index is 0.0631. The topological polar surface area (TPSA) is 71.8 Å². The lowest BCUT2D eigenvalue weighted by molar-refractivity contribution is -0.0712. The van der Waals surface area contributed by atoms with E-state index in [0.29, 0.717) is 50.0 Å². The number of benzene rings is 1. The van der Waals surface area contributed by atoms with Crippen molar-refractivity contribution in [3.05, 3.63) is 59.3 Å². The van der Waals surface area contributed by atoms with Crippen molar-refractivity contribution in [1.82, 2.24) is 10.2 Å². The van der Waals surface area contributed by atoms with Gasteiger partial charge in [-0.1, -0.05) is 0 Å². The third kappa shape index (κ3) is 3.94. The molecule has 9 heteroatoms. The van der Waals surface area contributed by atoms with Crippen LogP contribution < -0.4 is 5.32 Å². The van der Waals surface area contributed by atoms with Gasteiger partial charge < -0.3 is 19.4 Å². The van der Waals surface area contributed by atoms with Crippen molar-refractivity contribution < 1.29 is 31.9 Å². The molecule has 1 aromatic heterocycles. The molecule has 2 aliphatic rings. The Morgan fingerprint density at radius 2 is 1.83 bits per heavy atom. The summed E-state index contributed by atoms with van der Waals surface area (Å²) < 4.78 is 51.9. The first-order valence-electron chi connectivity index (χ1n) is 9.79. The smallest absolute Gasteiger partial charge is 0.257 e. The third-order valence-electron chi connectivity index (χ3n) is 5.83. The quantitative estimate of drug-likeness (QED) is 0.768. The number of likely N-dealkylation sites (tertiary alicyclic amines) is 1. The molecule has 30 heavy (non-hydrogen) atoms. The van der Waals surface area contributed by atoms with Crippen LogP contribution >= 0.6 is 0 Å². The Morgan fingerprint density at radius 1 is 1.10 bits per heavy atom. The lowest BCUT2D eigenvalue weighted by Crippen LogP contribution is -2.47. The zero-order valence-corrected chi connectivity index (χ0v) is 16.1. The van der Waals surface area contributed by atoms with Gasteiger partial charge in [-0.25, -0.2) is 13.2 Å². The molecule has 1 aromatic carbocycles. The molecule has 0 radical (unpaired) electrons. The van der Waals surface area contributed by atoms with Crippen LogP contribution in [-0.4, -0.2) is 48.1 Å². The summed E-state index contributed by atoms with van der Waals surface area (Å²) in [5.41, 5.74) is -0.803. The molecule has 0 bridgehead atoms. The Hall–Kier alpha value is -2.81. The Balaban J connectivity index is 1.30. The summed E-state index contributed by atoms with van der Waals surface area (Å²) >= 11 is 0. The lowest BCUT2D eigenvalue weighted by atomic mass is 9.88. The highest BCUT2D eigenvalue weighted by Crippen LogP contribution is 2.39. The van der Waals surface area contributed by atoms with Gasteiger partial charge in [0.05, 0.1) is 23.5 Å². The highest BCUT2D eigenvalue weighted by atomic mass is 19.2. The lowest BCUT2D eigenvalue weighted by Gasteiger charge is -2.39. The van der Waals surface area contributed by atoms with Crippen LogP contribution in [-0.2, 0) is 4.74 Å². The number of halogens is 3. The van der Waals surface area contributed by atoms with Crippen molar-refractivity contribution in [2.75, 3.05) is 19.6 Å². The second-order valence-electron chi connectivity index (χ2n) is 7.69. The first-order valence-corrected chi connectivity index (χ1v) is 9.79. The summed E-state index contributed by atoms with van der Waals surface area (Å²) in [6.07, 6.45) is 5.32. The van der Waals surface area contributed by atoms with Crippen LogP contribution in [0.1, 0.15) is 46.4 Å². The van der Waals surface area contributed by atoms with Crippen LogP contribution in [0, 0.1) is 17.5 Å². The summed E-state index contributed by atoms with van der Waals surface area (Å²) in [5.74, 6) is -5.01. The van der Waals surface area contributed by atoms with E-state index in [0.717, 1.165) is 6.42 Å². The number of carbonyl (C=O) groups is 2. The minimum Gasteiger partial charge on any atom is -0.472 e. The van der Waals surface area contributed by atoms with Crippen molar-refractivity contribution >= 4 is 11.8 Å². The van der Waals surface area contributed by atoms with Gasteiger partial charge in [0.1, 0.15) is 17.6 Å². The number of piperidine rings is 1. The highest BCUT2D eigenvalue weighted by molar-refractivity contribution is 5.95. The fourth-order valence-electron chi connectivity index (χ4n) is 4.12. The second-order valence-corrected chi connectivity index (χ2v) is 7.69. The van der Waals surface area contributed by atoms with E-state index in [2.05, 4.69) is 5.32 Å². The van der Waals surface area contributed by atoms with Crippen LogP contribution in [0.25, 0.3) is 0 Å². The first kappa shape index (κ1) is 20.5. The van der Waals surface area contributed by atoms with Crippen LogP contribution in [0.5, 0.6) is 0 Å². The molecule has 1 N–H and O–H groups in total. The zero-order chi connectivity index (χ0) is 21.3. The molecular formula is C21H21F3N2O4. The second kappa shape index (κ2) is 8.14. The van der Waals surface area contributed by atoms with Crippen molar-refractivity contribution in [2.24, 2.45) is 0 Å². The number of amides is 2. The van der Waals surface area contributed by atoms with Crippen molar-refractivity contribution in [3.8, 4) is 0 Å². The van der Waals surface area contributed by atoms with E-state index in [1.165, 1.54) is 12.5 Å². The number of nitrogens with one attached hydrogen (secondary N) is 1. The summed E-state index contributed by atoms with van der Waals surface area (Å²) in [5, 5.41) is 2.43. The molecule has 2 aromatic rings. The number of ether oxygens (including phenoxy) is 1. The molecule has 0 saturated carbocycles. The van der Waals surface area contributed by atoms with E-state index in [9.17, 15) is 22.8 Å². The molecule has 2 amide bonds. The summed E-state index contributed by atoms with van der Waals surface area (Å²) in [4.78, 5) is 26.3. The van der Waals surface area contributed by atoms with Gasteiger partial charge in [0.15, 0.2) is 11.6 Å². The molecule has 2 saturated heterocycles. The van der Waals surface area contributed by atoms with E-state index >= 15 is 0 Å². The minimum atomic E-state index is -1.51. The standard InChI is InChI=1S/C21H21F3N2O4/c22-15-1-2-16(23)18(24)17(15)19(27)25-11-14-3-5-21(30-14)6-8-26(9-7-21)20(28)13-4-10-29-12-13/h1-2,4,10,12,14H,3,5-9,11H2,(H,25,27). The average Bonchev–Trinajstić information content (AvgIpc) is 3.40. The number of carbonyl (C=O) groups excluding carboxylic acids is 2. The van der Waals surface area contributed by atoms with E-state index in [-0.39, 0.29) is 24.2 Å². The fourth-order valence-corrected chi connectivity index (χ4v) is 4.12. The summed E-state index contributed by atoms with van der Waals surface area (Å²) in [6.45, 7) is 1.15. The molecule has 3 heterocycles. The predicted octanol–water partition coefficient (Wildman–Crippen LogP) is 3.28. The molecule has 6 nitrogen and oxygen atoms in total. The van der Waals surface area contributed by atoms with Gasteiger partial charge in [-0.2, -0.15) is 0 Å². The third-order valence-corrected chi connectivity index (χ3v) is 5.83. The van der Waals surface area contributed by atoms with Gasteiger partial charge >= 0.3 is 0 Å². The SMILES string of the molecule is O=C(NCC1CCC2(CCN(C(=O)c3ccoc3)CC2)O1)c1c(F)ccc(F)c1F. The average molecular weight is 422 g/mol. The zero-order valence-electron chi connectivity index (χ0n) is 16.1. The molecule has 1 atom stereocenters. The number of furan rings is 1. The molecular weight excluding hydrogens is 401 g/mol. The van der Waals surface area contributed by atoms with Crippen molar-refractivity contribution in [3.63, 3.8) is 0 Å². The van der Waals surface area contributed by atoms with Gasteiger partial charge in [0.2, 0.25) is 0 Å². The van der Waals surface area contributed by atoms with Gasteiger partial charge in [0, 0.05) is 19.6 Å². The Kier molecular flexibility index (Phi) is 5.55. The monoisotopic (exact) mass is 422 g/mol.